The number of aromatic nitrogens is 3. The molecule has 0 fully saturated rings. The van der Waals surface area contributed by atoms with E-state index in [1.807, 2.05) is 42.5 Å². The van der Waals surface area contributed by atoms with Gasteiger partial charge in [-0.2, -0.15) is 5.10 Å². The van der Waals surface area contributed by atoms with Gasteiger partial charge in [-0.05, 0) is 36.4 Å². The second-order valence-corrected chi connectivity index (χ2v) is 6.02. The van der Waals surface area contributed by atoms with E-state index in [1.54, 1.807) is 7.11 Å². The van der Waals surface area contributed by atoms with Gasteiger partial charge in [-0.1, -0.05) is 0 Å². The third-order valence-electron chi connectivity index (χ3n) is 4.09. The van der Waals surface area contributed by atoms with Crippen LogP contribution in [0.3, 0.4) is 0 Å². The Morgan fingerprint density at radius 2 is 1.96 bits per heavy atom. The maximum atomic E-state index is 5.97. The number of aliphatic imine (C=N–C) groups is 1. The van der Waals surface area contributed by atoms with E-state index in [9.17, 15) is 0 Å². The fourth-order valence-electron chi connectivity index (χ4n) is 2.70. The smallest absolute Gasteiger partial charge is 0.193 e. The van der Waals surface area contributed by atoms with E-state index in [0.717, 1.165) is 22.7 Å². The highest BCUT2D eigenvalue weighted by atomic mass is 16.6. The lowest BCUT2D eigenvalue weighted by molar-refractivity contribution is 0.171. The van der Waals surface area contributed by atoms with Gasteiger partial charge in [0.05, 0.1) is 7.11 Å². The van der Waals surface area contributed by atoms with E-state index in [-0.39, 0.29) is 12.5 Å². The zero-order valence-corrected chi connectivity index (χ0v) is 15.3. The summed E-state index contributed by atoms with van der Waals surface area (Å²) in [6, 6.07) is 13.0. The summed E-state index contributed by atoms with van der Waals surface area (Å²) in [5.41, 5.74) is 7.62. The first-order valence-corrected chi connectivity index (χ1v) is 8.73. The second-order valence-electron chi connectivity index (χ2n) is 6.02. The van der Waals surface area contributed by atoms with Gasteiger partial charge in [0, 0.05) is 17.3 Å². The standard InChI is InChI=1S/C19H20N6O3/c1-26-14-5-2-12(3-6-14)18-23-17(24-25-18)11-21-19(20)22-13-4-7-15-16(10-13)28-9-8-27-15/h2-7,10H,8-9,11H2,1H3,(H3,20,21,22)(H,23,24,25). The number of hydrogen-bond acceptors (Lipinski definition) is 6. The van der Waals surface area contributed by atoms with Crippen molar-refractivity contribution in [1.82, 2.24) is 15.2 Å². The number of ether oxygens (including phenoxy) is 3. The summed E-state index contributed by atoms with van der Waals surface area (Å²) in [6.07, 6.45) is 0. The van der Waals surface area contributed by atoms with E-state index in [1.165, 1.54) is 0 Å². The molecular formula is C19H20N6O3. The van der Waals surface area contributed by atoms with Gasteiger partial charge in [-0.25, -0.2) is 9.98 Å². The number of methoxy groups -OCH3 is 1. The molecule has 0 bridgehead atoms. The SMILES string of the molecule is COc1ccc(-c2n[nH]c(CN=C(N)Nc3ccc4c(c3)OCCO4)n2)cc1. The minimum absolute atomic E-state index is 0.263. The molecule has 0 unspecified atom stereocenters. The van der Waals surface area contributed by atoms with Crippen molar-refractivity contribution in [3.63, 3.8) is 0 Å². The topological polar surface area (TPSA) is 120 Å². The van der Waals surface area contributed by atoms with Crippen molar-refractivity contribution in [2.75, 3.05) is 25.6 Å². The fraction of sp³-hybridized carbons (Fsp3) is 0.211. The third-order valence-corrected chi connectivity index (χ3v) is 4.09. The normalized spacial score (nSPS) is 13.2. The molecule has 0 atom stereocenters. The van der Waals surface area contributed by atoms with Crippen molar-refractivity contribution >= 4 is 11.6 Å². The molecule has 4 rings (SSSR count). The van der Waals surface area contributed by atoms with E-state index in [2.05, 4.69) is 25.5 Å². The summed E-state index contributed by atoms with van der Waals surface area (Å²) in [5, 5.41) is 10.1. The molecule has 0 saturated carbocycles. The van der Waals surface area contributed by atoms with Crippen LogP contribution in [0.5, 0.6) is 17.2 Å². The highest BCUT2D eigenvalue weighted by Crippen LogP contribution is 2.32. The minimum Gasteiger partial charge on any atom is -0.497 e. The monoisotopic (exact) mass is 380 g/mol. The Hall–Kier alpha value is -3.75. The largest absolute Gasteiger partial charge is 0.497 e. The van der Waals surface area contributed by atoms with Crippen LogP contribution in [0.15, 0.2) is 47.5 Å². The highest BCUT2D eigenvalue weighted by Gasteiger charge is 2.12. The van der Waals surface area contributed by atoms with Crippen molar-refractivity contribution in [3.05, 3.63) is 48.3 Å². The van der Waals surface area contributed by atoms with Crippen LogP contribution in [-0.2, 0) is 6.54 Å². The average molecular weight is 380 g/mol. The van der Waals surface area contributed by atoms with Crippen molar-refractivity contribution in [3.8, 4) is 28.6 Å². The first kappa shape index (κ1) is 17.7. The van der Waals surface area contributed by atoms with Crippen molar-refractivity contribution in [1.29, 1.82) is 0 Å². The van der Waals surface area contributed by atoms with Crippen LogP contribution in [0.4, 0.5) is 5.69 Å². The Kier molecular flexibility index (Phi) is 4.96. The molecule has 28 heavy (non-hydrogen) atoms. The number of H-pyrrole nitrogens is 1. The molecular weight excluding hydrogens is 360 g/mol. The first-order chi connectivity index (χ1) is 13.7. The summed E-state index contributed by atoms with van der Waals surface area (Å²) in [7, 11) is 1.63. The fourth-order valence-corrected chi connectivity index (χ4v) is 2.70. The Balaban J connectivity index is 1.39. The van der Waals surface area contributed by atoms with Crippen molar-refractivity contribution in [2.24, 2.45) is 10.7 Å². The summed E-state index contributed by atoms with van der Waals surface area (Å²) in [5.74, 6) is 3.65. The van der Waals surface area contributed by atoms with Crippen molar-refractivity contribution in [2.45, 2.75) is 6.54 Å². The number of benzene rings is 2. The van der Waals surface area contributed by atoms with E-state index < -0.39 is 0 Å². The van der Waals surface area contributed by atoms with Crippen LogP contribution in [-0.4, -0.2) is 41.5 Å². The molecule has 1 aliphatic rings. The molecule has 2 heterocycles. The number of nitrogens with two attached hydrogens (primary N) is 1. The van der Waals surface area contributed by atoms with Gasteiger partial charge in [0.25, 0.3) is 0 Å². The van der Waals surface area contributed by atoms with Crippen LogP contribution in [0.1, 0.15) is 5.82 Å². The molecule has 0 radical (unpaired) electrons. The van der Waals surface area contributed by atoms with Gasteiger partial charge >= 0.3 is 0 Å². The predicted octanol–water partition coefficient (Wildman–Crippen LogP) is 2.18. The quantitative estimate of drug-likeness (QED) is 0.458. The number of rotatable bonds is 5. The van der Waals surface area contributed by atoms with E-state index >= 15 is 0 Å². The number of nitrogens with zero attached hydrogens (tertiary/aromatic N) is 3. The molecule has 9 nitrogen and oxygen atoms in total. The van der Waals surface area contributed by atoms with Gasteiger partial charge in [0.1, 0.15) is 31.3 Å². The van der Waals surface area contributed by atoms with E-state index in [0.29, 0.717) is 30.6 Å². The molecule has 0 saturated heterocycles. The number of anilines is 1. The Morgan fingerprint density at radius 1 is 1.18 bits per heavy atom. The molecule has 0 amide bonds. The highest BCUT2D eigenvalue weighted by molar-refractivity contribution is 5.92. The van der Waals surface area contributed by atoms with Gasteiger partial charge in [0.15, 0.2) is 23.3 Å². The van der Waals surface area contributed by atoms with Gasteiger partial charge < -0.3 is 25.3 Å². The van der Waals surface area contributed by atoms with Crippen molar-refractivity contribution < 1.29 is 14.2 Å². The van der Waals surface area contributed by atoms with Crippen LogP contribution < -0.4 is 25.3 Å². The predicted molar refractivity (Wildman–Crippen MR) is 105 cm³/mol. The number of guanidine groups is 1. The van der Waals surface area contributed by atoms with Crippen LogP contribution >= 0.6 is 0 Å². The van der Waals surface area contributed by atoms with Gasteiger partial charge in [0.2, 0.25) is 0 Å². The number of aromatic amines is 1. The van der Waals surface area contributed by atoms with Crippen LogP contribution in [0.25, 0.3) is 11.4 Å². The molecule has 144 valence electrons. The van der Waals surface area contributed by atoms with E-state index in [4.69, 9.17) is 19.9 Å². The minimum atomic E-state index is 0.263. The van der Waals surface area contributed by atoms with Gasteiger partial charge in [-0.15, -0.1) is 0 Å². The Morgan fingerprint density at radius 3 is 2.75 bits per heavy atom. The number of hydrogen-bond donors (Lipinski definition) is 3. The van der Waals surface area contributed by atoms with Crippen LogP contribution in [0, 0.1) is 0 Å². The first-order valence-electron chi connectivity index (χ1n) is 8.73. The third kappa shape index (κ3) is 3.98. The zero-order valence-electron chi connectivity index (χ0n) is 15.3. The lowest BCUT2D eigenvalue weighted by Gasteiger charge is -2.19. The summed E-state index contributed by atoms with van der Waals surface area (Å²) >= 11 is 0. The summed E-state index contributed by atoms with van der Waals surface area (Å²) in [6.45, 7) is 1.35. The number of fused-ring (bicyclic) bond motifs is 1. The van der Waals surface area contributed by atoms with Crippen LogP contribution in [0.2, 0.25) is 0 Å². The molecule has 0 aliphatic carbocycles. The summed E-state index contributed by atoms with van der Waals surface area (Å²) in [4.78, 5) is 8.73. The molecule has 1 aliphatic heterocycles. The Labute approximate surface area is 161 Å². The molecule has 0 spiro atoms. The maximum Gasteiger partial charge on any atom is 0.193 e. The lowest BCUT2D eigenvalue weighted by Crippen LogP contribution is -2.23. The summed E-state index contributed by atoms with van der Waals surface area (Å²) < 4.78 is 16.2. The molecule has 2 aromatic carbocycles. The maximum absolute atomic E-state index is 5.97. The zero-order chi connectivity index (χ0) is 19.3. The number of nitrogens with one attached hydrogen (secondary N) is 2. The average Bonchev–Trinajstić information content (AvgIpc) is 3.21. The molecule has 1 aromatic heterocycles. The molecule has 9 heteroatoms. The molecule has 3 aromatic rings. The van der Waals surface area contributed by atoms with Gasteiger partial charge in [-0.3, -0.25) is 5.10 Å². The lowest BCUT2D eigenvalue weighted by atomic mass is 10.2. The Bertz CT molecular complexity index is 984. The second kappa shape index (κ2) is 7.87. The molecule has 4 N–H and O–H groups in total.